The molecule has 0 fully saturated rings. The number of benzene rings is 1. The average molecular weight is 314 g/mol. The summed E-state index contributed by atoms with van der Waals surface area (Å²) in [5.74, 6) is 0.111. The van der Waals surface area contributed by atoms with Gasteiger partial charge in [-0.1, -0.05) is 11.6 Å². The summed E-state index contributed by atoms with van der Waals surface area (Å²) in [7, 11) is 1.52. The lowest BCUT2D eigenvalue weighted by Gasteiger charge is -2.20. The standard InChI is InChI=1S/C14H20ClN3O3/c1-14(2,3)18-13(20)17-12(19)8-16-9-5-6-11(21-4)10(15)7-9/h5-7,16H,8H2,1-4H3,(H2,17,18,19,20). The molecule has 1 aromatic carbocycles. The quantitative estimate of drug-likeness (QED) is 0.797. The minimum absolute atomic E-state index is 0.0414. The first kappa shape index (κ1) is 17.1. The fraction of sp³-hybridized carbons (Fsp3) is 0.429. The van der Waals surface area contributed by atoms with E-state index in [9.17, 15) is 9.59 Å². The summed E-state index contributed by atoms with van der Waals surface area (Å²) in [6.07, 6.45) is 0. The van der Waals surface area contributed by atoms with Gasteiger partial charge in [-0.2, -0.15) is 0 Å². The third kappa shape index (κ3) is 6.35. The average Bonchev–Trinajstić information content (AvgIpc) is 2.34. The topological polar surface area (TPSA) is 79.5 Å². The van der Waals surface area contributed by atoms with Crippen LogP contribution in [0.5, 0.6) is 5.75 Å². The molecule has 0 saturated heterocycles. The van der Waals surface area contributed by atoms with E-state index in [1.54, 1.807) is 18.2 Å². The van der Waals surface area contributed by atoms with E-state index in [4.69, 9.17) is 16.3 Å². The van der Waals surface area contributed by atoms with Crippen molar-refractivity contribution in [2.45, 2.75) is 26.3 Å². The van der Waals surface area contributed by atoms with Crippen molar-refractivity contribution < 1.29 is 14.3 Å². The van der Waals surface area contributed by atoms with E-state index in [1.807, 2.05) is 20.8 Å². The summed E-state index contributed by atoms with van der Waals surface area (Å²) in [6.45, 7) is 5.44. The highest BCUT2D eigenvalue weighted by atomic mass is 35.5. The molecule has 0 radical (unpaired) electrons. The summed E-state index contributed by atoms with van der Waals surface area (Å²) in [5, 5.41) is 8.18. The normalized spacial score (nSPS) is 10.7. The highest BCUT2D eigenvalue weighted by Gasteiger charge is 2.15. The van der Waals surface area contributed by atoms with E-state index in [0.717, 1.165) is 0 Å². The zero-order valence-electron chi connectivity index (χ0n) is 12.5. The third-order valence-electron chi connectivity index (χ3n) is 2.35. The zero-order chi connectivity index (χ0) is 16.0. The van der Waals surface area contributed by atoms with Crippen LogP contribution in [0.4, 0.5) is 10.5 Å². The molecule has 1 aromatic rings. The molecule has 7 heteroatoms. The van der Waals surface area contributed by atoms with Crippen LogP contribution in [0.25, 0.3) is 0 Å². The van der Waals surface area contributed by atoms with Crippen LogP contribution in [0.2, 0.25) is 5.02 Å². The molecule has 0 aliphatic carbocycles. The van der Waals surface area contributed by atoms with Gasteiger partial charge < -0.3 is 15.4 Å². The number of halogens is 1. The van der Waals surface area contributed by atoms with Gasteiger partial charge in [-0.25, -0.2) is 4.79 Å². The maximum atomic E-state index is 11.6. The van der Waals surface area contributed by atoms with Crippen molar-refractivity contribution in [1.29, 1.82) is 0 Å². The Morgan fingerprint density at radius 3 is 2.48 bits per heavy atom. The lowest BCUT2D eigenvalue weighted by atomic mass is 10.1. The highest BCUT2D eigenvalue weighted by molar-refractivity contribution is 6.32. The molecule has 116 valence electrons. The first-order chi connectivity index (χ1) is 9.71. The van der Waals surface area contributed by atoms with Crippen molar-refractivity contribution >= 4 is 29.2 Å². The number of imide groups is 1. The Morgan fingerprint density at radius 2 is 1.95 bits per heavy atom. The van der Waals surface area contributed by atoms with E-state index in [2.05, 4.69) is 16.0 Å². The Kier molecular flexibility index (Phi) is 5.84. The first-order valence-corrected chi connectivity index (χ1v) is 6.78. The second-order valence-corrected chi connectivity index (χ2v) is 5.86. The molecule has 0 unspecified atom stereocenters. The molecule has 3 N–H and O–H groups in total. The van der Waals surface area contributed by atoms with Gasteiger partial charge in [-0.05, 0) is 39.0 Å². The predicted molar refractivity (Wildman–Crippen MR) is 82.9 cm³/mol. The van der Waals surface area contributed by atoms with E-state index in [0.29, 0.717) is 16.5 Å². The molecular weight excluding hydrogens is 294 g/mol. The molecule has 0 spiro atoms. The first-order valence-electron chi connectivity index (χ1n) is 6.40. The number of carbonyl (C=O) groups excluding carboxylic acids is 2. The lowest BCUT2D eigenvalue weighted by molar-refractivity contribution is -0.118. The lowest BCUT2D eigenvalue weighted by Crippen LogP contribution is -2.49. The number of methoxy groups -OCH3 is 1. The Labute approximate surface area is 129 Å². The second-order valence-electron chi connectivity index (χ2n) is 5.46. The number of anilines is 1. The van der Waals surface area contributed by atoms with Crippen LogP contribution in [-0.2, 0) is 4.79 Å². The molecule has 6 nitrogen and oxygen atoms in total. The van der Waals surface area contributed by atoms with Crippen molar-refractivity contribution in [1.82, 2.24) is 10.6 Å². The number of urea groups is 1. The van der Waals surface area contributed by atoms with Crippen LogP contribution in [-0.4, -0.2) is 31.1 Å². The number of amides is 3. The molecule has 0 heterocycles. The number of nitrogens with one attached hydrogen (secondary N) is 3. The third-order valence-corrected chi connectivity index (χ3v) is 2.64. The zero-order valence-corrected chi connectivity index (χ0v) is 13.3. The SMILES string of the molecule is COc1ccc(NCC(=O)NC(=O)NC(C)(C)C)cc1Cl. The maximum Gasteiger partial charge on any atom is 0.321 e. The van der Waals surface area contributed by atoms with Crippen LogP contribution in [0.1, 0.15) is 20.8 Å². The van der Waals surface area contributed by atoms with Gasteiger partial charge >= 0.3 is 6.03 Å². The minimum atomic E-state index is -0.526. The van der Waals surface area contributed by atoms with Gasteiger partial charge in [0.15, 0.2) is 0 Å². The van der Waals surface area contributed by atoms with Gasteiger partial charge in [0.05, 0.1) is 18.7 Å². The van der Waals surface area contributed by atoms with Crippen molar-refractivity contribution in [3.8, 4) is 5.75 Å². The van der Waals surface area contributed by atoms with E-state index in [1.165, 1.54) is 7.11 Å². The number of ether oxygens (including phenoxy) is 1. The highest BCUT2D eigenvalue weighted by Crippen LogP contribution is 2.26. The van der Waals surface area contributed by atoms with Gasteiger partial charge in [-0.3, -0.25) is 10.1 Å². The molecule has 0 aliphatic heterocycles. The van der Waals surface area contributed by atoms with Crippen LogP contribution in [0.3, 0.4) is 0 Å². The van der Waals surface area contributed by atoms with E-state index in [-0.39, 0.29) is 6.54 Å². The summed E-state index contributed by atoms with van der Waals surface area (Å²) >= 11 is 5.97. The van der Waals surface area contributed by atoms with Crippen molar-refractivity contribution in [2.24, 2.45) is 0 Å². The van der Waals surface area contributed by atoms with E-state index < -0.39 is 17.5 Å². The summed E-state index contributed by atoms with van der Waals surface area (Å²) < 4.78 is 5.03. The largest absolute Gasteiger partial charge is 0.495 e. The number of carbonyl (C=O) groups is 2. The number of hydrogen-bond acceptors (Lipinski definition) is 4. The summed E-state index contributed by atoms with van der Waals surface area (Å²) in [5.41, 5.74) is 0.258. The Morgan fingerprint density at radius 1 is 1.29 bits per heavy atom. The van der Waals surface area contributed by atoms with Crippen molar-refractivity contribution in [2.75, 3.05) is 19.0 Å². The second kappa shape index (κ2) is 7.17. The molecule has 21 heavy (non-hydrogen) atoms. The van der Waals surface area contributed by atoms with Crippen molar-refractivity contribution in [3.63, 3.8) is 0 Å². The van der Waals surface area contributed by atoms with Crippen LogP contribution >= 0.6 is 11.6 Å². The van der Waals surface area contributed by atoms with Crippen LogP contribution < -0.4 is 20.7 Å². The molecule has 0 aromatic heterocycles. The molecule has 1 rings (SSSR count). The summed E-state index contributed by atoms with van der Waals surface area (Å²) in [6, 6.07) is 4.53. The Balaban J connectivity index is 2.46. The van der Waals surface area contributed by atoms with Gasteiger partial charge in [0.1, 0.15) is 5.75 Å². The molecule has 0 saturated carbocycles. The number of hydrogen-bond donors (Lipinski definition) is 3. The fourth-order valence-electron chi connectivity index (χ4n) is 1.50. The van der Waals surface area contributed by atoms with Gasteiger partial charge in [0.25, 0.3) is 0 Å². The molecule has 3 amide bonds. The van der Waals surface area contributed by atoms with Crippen LogP contribution in [0.15, 0.2) is 18.2 Å². The van der Waals surface area contributed by atoms with Gasteiger partial charge in [-0.15, -0.1) is 0 Å². The van der Waals surface area contributed by atoms with Gasteiger partial charge in [0, 0.05) is 11.2 Å². The molecule has 0 bridgehead atoms. The summed E-state index contributed by atoms with van der Waals surface area (Å²) in [4.78, 5) is 23.1. The van der Waals surface area contributed by atoms with E-state index >= 15 is 0 Å². The molecular formula is C14H20ClN3O3. The van der Waals surface area contributed by atoms with Crippen LogP contribution in [0, 0.1) is 0 Å². The fourth-order valence-corrected chi connectivity index (χ4v) is 1.76. The maximum absolute atomic E-state index is 11.6. The monoisotopic (exact) mass is 313 g/mol. The Bertz CT molecular complexity index is 527. The van der Waals surface area contributed by atoms with Crippen molar-refractivity contribution in [3.05, 3.63) is 23.2 Å². The van der Waals surface area contributed by atoms with Gasteiger partial charge in [0.2, 0.25) is 5.91 Å². The minimum Gasteiger partial charge on any atom is -0.495 e. The molecule has 0 aliphatic rings. The predicted octanol–water partition coefficient (Wildman–Crippen LogP) is 2.38. The molecule has 0 atom stereocenters. The number of rotatable bonds is 4. The Hall–Kier alpha value is -1.95. The smallest absolute Gasteiger partial charge is 0.321 e.